The predicted molar refractivity (Wildman–Crippen MR) is 115 cm³/mol. The van der Waals surface area contributed by atoms with Crippen LogP contribution < -0.4 is 22.1 Å². The number of rotatable bonds is 6. The highest BCUT2D eigenvalue weighted by molar-refractivity contribution is 5.89. The van der Waals surface area contributed by atoms with Crippen LogP contribution in [0.15, 0.2) is 18.2 Å². The third kappa shape index (κ3) is 18.1. The second-order valence-corrected chi connectivity index (χ2v) is 5.22. The highest BCUT2D eigenvalue weighted by Crippen LogP contribution is 2.20. The van der Waals surface area contributed by atoms with E-state index in [1.54, 1.807) is 45.9 Å². The standard InChI is InChI=1S/C13H18N2O4.2C3H7NO2/c1-4-18-12(16)14-10-7-6-9(3)11(8-10)15-13(17)19-5-2;2*1-2-6-3(4)5/h6-8H,4-5H2,1-3H3,(H,14,16)(H,15,17);2*2H2,1H3,(H2,4,5). The third-order valence-corrected chi connectivity index (χ3v) is 2.84. The van der Waals surface area contributed by atoms with Crippen molar-refractivity contribution in [1.29, 1.82) is 0 Å². The van der Waals surface area contributed by atoms with Crippen LogP contribution in [0.4, 0.5) is 30.6 Å². The average Bonchev–Trinajstić information content (AvgIpc) is 2.65. The minimum absolute atomic E-state index is 0.297. The molecule has 0 aromatic heterocycles. The summed E-state index contributed by atoms with van der Waals surface area (Å²) in [7, 11) is 0. The number of nitrogens with one attached hydrogen (secondary N) is 2. The zero-order valence-corrected chi connectivity index (χ0v) is 18.5. The van der Waals surface area contributed by atoms with E-state index in [-0.39, 0.29) is 0 Å². The molecule has 0 spiro atoms. The maximum atomic E-state index is 11.4. The molecule has 0 unspecified atom stereocenters. The van der Waals surface area contributed by atoms with Gasteiger partial charge in [0.2, 0.25) is 0 Å². The second kappa shape index (κ2) is 18.3. The lowest BCUT2D eigenvalue weighted by molar-refractivity contribution is 0.162. The van der Waals surface area contributed by atoms with Crippen molar-refractivity contribution < 1.29 is 38.1 Å². The summed E-state index contributed by atoms with van der Waals surface area (Å²) >= 11 is 0. The summed E-state index contributed by atoms with van der Waals surface area (Å²) in [5.41, 5.74) is 11.1. The zero-order valence-electron chi connectivity index (χ0n) is 18.5. The van der Waals surface area contributed by atoms with E-state index in [0.29, 0.717) is 37.8 Å². The lowest BCUT2D eigenvalue weighted by Gasteiger charge is -2.11. The Labute approximate surface area is 181 Å². The van der Waals surface area contributed by atoms with Crippen LogP contribution in [0.2, 0.25) is 0 Å². The molecule has 0 saturated heterocycles. The fraction of sp³-hybridized carbons (Fsp3) is 0.474. The maximum Gasteiger partial charge on any atom is 0.411 e. The van der Waals surface area contributed by atoms with E-state index in [2.05, 4.69) is 31.6 Å². The van der Waals surface area contributed by atoms with E-state index in [0.717, 1.165) is 5.56 Å². The molecule has 0 radical (unpaired) electrons. The van der Waals surface area contributed by atoms with Crippen LogP contribution in [0.3, 0.4) is 0 Å². The highest BCUT2D eigenvalue weighted by Gasteiger charge is 2.08. The van der Waals surface area contributed by atoms with Crippen LogP contribution in [0.25, 0.3) is 0 Å². The quantitative estimate of drug-likeness (QED) is 0.482. The summed E-state index contributed by atoms with van der Waals surface area (Å²) in [6, 6.07) is 5.15. The van der Waals surface area contributed by atoms with E-state index in [9.17, 15) is 19.2 Å². The number of carbonyl (C=O) groups excluding carboxylic acids is 4. The number of benzene rings is 1. The van der Waals surface area contributed by atoms with Crippen molar-refractivity contribution in [3.05, 3.63) is 23.8 Å². The molecular formula is C19H32N4O8. The van der Waals surface area contributed by atoms with Crippen molar-refractivity contribution in [3.8, 4) is 0 Å². The Kier molecular flexibility index (Phi) is 17.4. The molecule has 0 aliphatic rings. The molecule has 1 aromatic rings. The number of nitrogens with two attached hydrogens (primary N) is 2. The van der Waals surface area contributed by atoms with Gasteiger partial charge in [-0.15, -0.1) is 0 Å². The first kappa shape index (κ1) is 29.5. The van der Waals surface area contributed by atoms with Crippen LogP contribution in [-0.4, -0.2) is 50.8 Å². The summed E-state index contributed by atoms with van der Waals surface area (Å²) in [5.74, 6) is 0. The third-order valence-electron chi connectivity index (χ3n) is 2.84. The van der Waals surface area contributed by atoms with Crippen LogP contribution in [0, 0.1) is 6.92 Å². The minimum Gasteiger partial charge on any atom is -0.450 e. The fourth-order valence-electron chi connectivity index (χ4n) is 1.68. The summed E-state index contributed by atoms with van der Waals surface area (Å²) in [6.07, 6.45) is -2.48. The molecule has 176 valence electrons. The molecule has 12 nitrogen and oxygen atoms in total. The van der Waals surface area contributed by atoms with Gasteiger partial charge in [0, 0.05) is 11.4 Å². The average molecular weight is 444 g/mol. The summed E-state index contributed by atoms with van der Waals surface area (Å²) in [5, 5.41) is 5.17. The van der Waals surface area contributed by atoms with E-state index in [1.165, 1.54) is 0 Å². The normalized spacial score (nSPS) is 8.81. The molecule has 0 aliphatic carbocycles. The molecular weight excluding hydrogens is 412 g/mol. The Morgan fingerprint density at radius 1 is 0.742 bits per heavy atom. The smallest absolute Gasteiger partial charge is 0.411 e. The van der Waals surface area contributed by atoms with Gasteiger partial charge >= 0.3 is 24.4 Å². The first-order chi connectivity index (χ1) is 14.6. The molecule has 0 heterocycles. The van der Waals surface area contributed by atoms with Crippen molar-refractivity contribution in [1.82, 2.24) is 0 Å². The molecule has 1 aromatic carbocycles. The van der Waals surface area contributed by atoms with Gasteiger partial charge in [-0.1, -0.05) is 6.07 Å². The van der Waals surface area contributed by atoms with Crippen molar-refractivity contribution in [3.63, 3.8) is 0 Å². The van der Waals surface area contributed by atoms with Crippen LogP contribution in [0.1, 0.15) is 33.3 Å². The number of carbonyl (C=O) groups is 4. The summed E-state index contributed by atoms with van der Waals surface area (Å²) in [6.45, 7) is 10.0. The van der Waals surface area contributed by atoms with E-state index in [1.807, 2.05) is 6.92 Å². The van der Waals surface area contributed by atoms with Gasteiger partial charge < -0.3 is 30.4 Å². The van der Waals surface area contributed by atoms with Crippen molar-refractivity contribution in [2.24, 2.45) is 11.5 Å². The number of ether oxygens (including phenoxy) is 4. The van der Waals surface area contributed by atoms with Crippen molar-refractivity contribution >= 4 is 35.7 Å². The molecule has 1 rings (SSSR count). The molecule has 0 saturated carbocycles. The molecule has 6 N–H and O–H groups in total. The molecule has 0 fully saturated rings. The highest BCUT2D eigenvalue weighted by atomic mass is 16.6. The lowest BCUT2D eigenvalue weighted by Crippen LogP contribution is -2.16. The number of amides is 4. The number of hydrogen-bond acceptors (Lipinski definition) is 8. The Balaban J connectivity index is 0. The lowest BCUT2D eigenvalue weighted by atomic mass is 10.2. The molecule has 0 atom stereocenters. The Morgan fingerprint density at radius 2 is 1.16 bits per heavy atom. The fourth-order valence-corrected chi connectivity index (χ4v) is 1.68. The summed E-state index contributed by atoms with van der Waals surface area (Å²) < 4.78 is 17.9. The predicted octanol–water partition coefficient (Wildman–Crippen LogP) is 3.34. The topological polar surface area (TPSA) is 181 Å². The van der Waals surface area contributed by atoms with Gasteiger partial charge in [-0.3, -0.25) is 10.6 Å². The SMILES string of the molecule is CCOC(=O)Nc1ccc(C)c(NC(=O)OCC)c1.CCOC(N)=O.CCOC(N)=O. The first-order valence-corrected chi connectivity index (χ1v) is 9.43. The molecule has 0 bridgehead atoms. The number of primary amides is 2. The maximum absolute atomic E-state index is 11.4. The van der Waals surface area contributed by atoms with Gasteiger partial charge in [0.1, 0.15) is 0 Å². The first-order valence-electron chi connectivity index (χ1n) is 9.43. The van der Waals surface area contributed by atoms with Gasteiger partial charge in [0.25, 0.3) is 0 Å². The molecule has 0 aliphatic heterocycles. The Morgan fingerprint density at radius 3 is 1.52 bits per heavy atom. The Bertz CT molecular complexity index is 681. The van der Waals surface area contributed by atoms with Crippen LogP contribution in [0.5, 0.6) is 0 Å². The van der Waals surface area contributed by atoms with Crippen molar-refractivity contribution in [2.45, 2.75) is 34.6 Å². The summed E-state index contributed by atoms with van der Waals surface area (Å²) in [4.78, 5) is 41.8. The van der Waals surface area contributed by atoms with Gasteiger partial charge in [0.15, 0.2) is 0 Å². The van der Waals surface area contributed by atoms with Crippen molar-refractivity contribution in [2.75, 3.05) is 37.1 Å². The van der Waals surface area contributed by atoms with E-state index in [4.69, 9.17) is 9.47 Å². The largest absolute Gasteiger partial charge is 0.450 e. The minimum atomic E-state index is -0.711. The number of hydrogen-bond donors (Lipinski definition) is 4. The van der Waals surface area contributed by atoms with Gasteiger partial charge in [-0.2, -0.15) is 0 Å². The molecule has 4 amide bonds. The molecule has 12 heteroatoms. The Hall–Kier alpha value is -3.70. The number of aryl methyl sites for hydroxylation is 1. The van der Waals surface area contributed by atoms with Gasteiger partial charge in [-0.25, -0.2) is 19.2 Å². The second-order valence-electron chi connectivity index (χ2n) is 5.22. The van der Waals surface area contributed by atoms with E-state index < -0.39 is 24.4 Å². The zero-order chi connectivity index (χ0) is 24.2. The van der Waals surface area contributed by atoms with Gasteiger partial charge in [-0.05, 0) is 52.3 Å². The number of anilines is 2. The monoisotopic (exact) mass is 444 g/mol. The van der Waals surface area contributed by atoms with Crippen LogP contribution in [-0.2, 0) is 18.9 Å². The van der Waals surface area contributed by atoms with E-state index >= 15 is 0 Å². The van der Waals surface area contributed by atoms with Crippen LogP contribution >= 0.6 is 0 Å². The molecule has 31 heavy (non-hydrogen) atoms. The van der Waals surface area contributed by atoms with Gasteiger partial charge in [0.05, 0.1) is 26.4 Å².